The summed E-state index contributed by atoms with van der Waals surface area (Å²) in [6.07, 6.45) is 0. The Morgan fingerprint density at radius 1 is 1.08 bits per heavy atom. The Kier molecular flexibility index (Phi) is 4.91. The lowest BCUT2D eigenvalue weighted by atomic mass is 10.1. The van der Waals surface area contributed by atoms with Gasteiger partial charge in [0, 0.05) is 38.3 Å². The topological polar surface area (TPSA) is 44.4 Å². The molecule has 1 aliphatic heterocycles. The number of hydrogen-bond acceptors (Lipinski definition) is 4. The van der Waals surface area contributed by atoms with Crippen LogP contribution in [0.1, 0.15) is 24.4 Å². The van der Waals surface area contributed by atoms with Gasteiger partial charge in [0.25, 0.3) is 0 Å². The Balaban J connectivity index is 1.36. The predicted octanol–water partition coefficient (Wildman–Crippen LogP) is 3.45. The number of rotatable bonds is 5. The normalized spacial score (nSPS) is 17.5. The van der Waals surface area contributed by atoms with Crippen LogP contribution in [0.4, 0.5) is 0 Å². The molecule has 2 aromatic carbocycles. The quantitative estimate of drug-likeness (QED) is 0.765. The van der Waals surface area contributed by atoms with Gasteiger partial charge in [0.1, 0.15) is 11.6 Å². The molecule has 1 N–H and O–H groups in total. The highest BCUT2D eigenvalue weighted by molar-refractivity contribution is 5.76. The van der Waals surface area contributed by atoms with Gasteiger partial charge in [-0.05, 0) is 24.6 Å². The number of aromatic nitrogens is 2. The monoisotopic (exact) mass is 350 g/mol. The molecule has 1 aliphatic rings. The number of nitrogens with zero attached hydrogens (tertiary/aromatic N) is 3. The van der Waals surface area contributed by atoms with Crippen LogP contribution < -0.4 is 4.74 Å². The van der Waals surface area contributed by atoms with Crippen LogP contribution >= 0.6 is 0 Å². The zero-order valence-electron chi connectivity index (χ0n) is 15.5. The van der Waals surface area contributed by atoms with Crippen LogP contribution in [0.15, 0.2) is 48.5 Å². The van der Waals surface area contributed by atoms with E-state index < -0.39 is 0 Å². The number of piperazine rings is 1. The average Bonchev–Trinajstić information content (AvgIpc) is 3.10. The van der Waals surface area contributed by atoms with Crippen molar-refractivity contribution in [1.29, 1.82) is 0 Å². The zero-order chi connectivity index (χ0) is 17.9. The fraction of sp³-hybridized carbons (Fsp3) is 0.381. The molecule has 1 saturated heterocycles. The molecule has 0 saturated carbocycles. The van der Waals surface area contributed by atoms with Gasteiger partial charge >= 0.3 is 0 Å². The molecule has 1 aromatic heterocycles. The van der Waals surface area contributed by atoms with Gasteiger partial charge in [0.2, 0.25) is 0 Å². The number of benzene rings is 2. The average molecular weight is 350 g/mol. The van der Waals surface area contributed by atoms with Gasteiger partial charge in [0.15, 0.2) is 0 Å². The van der Waals surface area contributed by atoms with E-state index >= 15 is 0 Å². The van der Waals surface area contributed by atoms with E-state index in [9.17, 15) is 0 Å². The van der Waals surface area contributed by atoms with Crippen LogP contribution in [-0.4, -0.2) is 53.1 Å². The van der Waals surface area contributed by atoms with Gasteiger partial charge in [-0.2, -0.15) is 0 Å². The van der Waals surface area contributed by atoms with E-state index in [1.807, 2.05) is 18.2 Å². The van der Waals surface area contributed by atoms with E-state index in [-0.39, 0.29) is 0 Å². The lowest BCUT2D eigenvalue weighted by Gasteiger charge is -2.37. The largest absolute Gasteiger partial charge is 0.497 e. The number of nitrogens with one attached hydrogen (secondary N) is 1. The van der Waals surface area contributed by atoms with Gasteiger partial charge in [-0.25, -0.2) is 4.98 Å². The van der Waals surface area contributed by atoms with Gasteiger partial charge in [0.05, 0.1) is 24.7 Å². The lowest BCUT2D eigenvalue weighted by Crippen LogP contribution is -2.46. The number of H-pyrrole nitrogens is 1. The molecule has 4 rings (SSSR count). The minimum Gasteiger partial charge on any atom is -0.497 e. The molecule has 2 heterocycles. The summed E-state index contributed by atoms with van der Waals surface area (Å²) in [6, 6.07) is 17.2. The van der Waals surface area contributed by atoms with Crippen molar-refractivity contribution < 1.29 is 4.74 Å². The number of ether oxygens (including phenoxy) is 1. The molecule has 3 aromatic rings. The van der Waals surface area contributed by atoms with E-state index in [4.69, 9.17) is 9.72 Å². The molecule has 0 aliphatic carbocycles. The van der Waals surface area contributed by atoms with Crippen molar-refractivity contribution in [3.63, 3.8) is 0 Å². The van der Waals surface area contributed by atoms with Crippen molar-refractivity contribution in [2.45, 2.75) is 19.5 Å². The highest BCUT2D eigenvalue weighted by Gasteiger charge is 2.22. The molecule has 0 spiro atoms. The molecule has 1 atom stereocenters. The van der Waals surface area contributed by atoms with E-state index in [1.165, 1.54) is 5.56 Å². The van der Waals surface area contributed by atoms with E-state index in [0.29, 0.717) is 6.04 Å². The van der Waals surface area contributed by atoms with Crippen molar-refractivity contribution >= 4 is 11.0 Å². The highest BCUT2D eigenvalue weighted by Crippen LogP contribution is 2.22. The van der Waals surface area contributed by atoms with E-state index in [1.54, 1.807) is 7.11 Å². The summed E-state index contributed by atoms with van der Waals surface area (Å²) < 4.78 is 5.29. The third-order valence-corrected chi connectivity index (χ3v) is 5.35. The Hall–Kier alpha value is -2.37. The standard InChI is InChI=1S/C21H26N4O/c1-16(17-6-4-3-5-7-17)25-12-10-24(11-13-25)15-21-22-19-9-8-18(26-2)14-20(19)23-21/h3-9,14,16H,10-13,15H2,1-2H3,(H,22,23). The van der Waals surface area contributed by atoms with Gasteiger partial charge in [-0.3, -0.25) is 9.80 Å². The molecule has 5 nitrogen and oxygen atoms in total. The first-order valence-electron chi connectivity index (χ1n) is 9.27. The Labute approximate surface area is 154 Å². The summed E-state index contributed by atoms with van der Waals surface area (Å²) in [4.78, 5) is 13.2. The van der Waals surface area contributed by atoms with Crippen molar-refractivity contribution in [3.05, 3.63) is 59.9 Å². The summed E-state index contributed by atoms with van der Waals surface area (Å²) in [7, 11) is 1.69. The Morgan fingerprint density at radius 2 is 1.85 bits per heavy atom. The highest BCUT2D eigenvalue weighted by atomic mass is 16.5. The maximum absolute atomic E-state index is 5.29. The van der Waals surface area contributed by atoms with Crippen molar-refractivity contribution in [3.8, 4) is 5.75 Å². The smallest absolute Gasteiger partial charge is 0.121 e. The molecular weight excluding hydrogens is 324 g/mol. The summed E-state index contributed by atoms with van der Waals surface area (Å²) in [5.74, 6) is 1.88. The summed E-state index contributed by atoms with van der Waals surface area (Å²) >= 11 is 0. The number of fused-ring (bicyclic) bond motifs is 1. The molecule has 26 heavy (non-hydrogen) atoms. The number of hydrogen-bond donors (Lipinski definition) is 1. The van der Waals surface area contributed by atoms with Crippen LogP contribution in [0.25, 0.3) is 11.0 Å². The van der Waals surface area contributed by atoms with Gasteiger partial charge in [-0.1, -0.05) is 30.3 Å². The molecule has 5 heteroatoms. The third kappa shape index (κ3) is 3.59. The number of aromatic amines is 1. The molecule has 1 fully saturated rings. The SMILES string of the molecule is COc1ccc2nc(CN3CCN(C(C)c4ccccc4)CC3)[nH]c2c1. The summed E-state index contributed by atoms with van der Waals surface area (Å²) in [5, 5.41) is 0. The van der Waals surface area contributed by atoms with Crippen molar-refractivity contribution in [1.82, 2.24) is 19.8 Å². The minimum absolute atomic E-state index is 0.469. The number of methoxy groups -OCH3 is 1. The van der Waals surface area contributed by atoms with Gasteiger partial charge in [-0.15, -0.1) is 0 Å². The third-order valence-electron chi connectivity index (χ3n) is 5.35. The van der Waals surface area contributed by atoms with Crippen LogP contribution in [-0.2, 0) is 6.54 Å². The molecule has 1 unspecified atom stereocenters. The predicted molar refractivity (Wildman–Crippen MR) is 104 cm³/mol. The summed E-state index contributed by atoms with van der Waals surface area (Å²) in [5.41, 5.74) is 3.43. The lowest BCUT2D eigenvalue weighted by molar-refractivity contribution is 0.0964. The molecule has 0 radical (unpaired) electrons. The van der Waals surface area contributed by atoms with E-state index in [0.717, 1.165) is 55.3 Å². The Morgan fingerprint density at radius 3 is 2.58 bits per heavy atom. The molecule has 0 amide bonds. The van der Waals surface area contributed by atoms with Gasteiger partial charge < -0.3 is 9.72 Å². The molecule has 136 valence electrons. The van der Waals surface area contributed by atoms with Crippen LogP contribution in [0.3, 0.4) is 0 Å². The van der Waals surface area contributed by atoms with Crippen molar-refractivity contribution in [2.75, 3.05) is 33.3 Å². The maximum Gasteiger partial charge on any atom is 0.121 e. The minimum atomic E-state index is 0.469. The first-order valence-corrected chi connectivity index (χ1v) is 9.27. The first kappa shape index (κ1) is 17.1. The van der Waals surface area contributed by atoms with E-state index in [2.05, 4.69) is 52.0 Å². The maximum atomic E-state index is 5.29. The molecular formula is C21H26N4O. The second-order valence-electron chi connectivity index (χ2n) is 6.97. The van der Waals surface area contributed by atoms with Crippen LogP contribution in [0, 0.1) is 0 Å². The second kappa shape index (κ2) is 7.48. The first-order chi connectivity index (χ1) is 12.7. The van der Waals surface area contributed by atoms with Crippen LogP contribution in [0.2, 0.25) is 0 Å². The number of imidazole rings is 1. The fourth-order valence-electron chi connectivity index (χ4n) is 3.71. The molecule has 0 bridgehead atoms. The Bertz CT molecular complexity index is 853. The summed E-state index contributed by atoms with van der Waals surface area (Å²) in [6.45, 7) is 7.48. The fourth-order valence-corrected chi connectivity index (χ4v) is 3.71. The zero-order valence-corrected chi connectivity index (χ0v) is 15.5. The van der Waals surface area contributed by atoms with Crippen LogP contribution in [0.5, 0.6) is 5.75 Å². The van der Waals surface area contributed by atoms with Crippen molar-refractivity contribution in [2.24, 2.45) is 0 Å². The second-order valence-corrected chi connectivity index (χ2v) is 6.97.